The van der Waals surface area contributed by atoms with Gasteiger partial charge in [0.25, 0.3) is 5.56 Å². The molecule has 1 aliphatic rings. The third kappa shape index (κ3) is 2.94. The normalized spacial score (nSPS) is 15.3. The highest BCUT2D eigenvalue weighted by Gasteiger charge is 2.28. The van der Waals surface area contributed by atoms with Crippen LogP contribution in [-0.4, -0.2) is 47.9 Å². The zero-order valence-corrected chi connectivity index (χ0v) is 16.4. The highest BCUT2D eigenvalue weighted by Crippen LogP contribution is 2.33. The van der Waals surface area contributed by atoms with Crippen LogP contribution in [0.2, 0.25) is 0 Å². The van der Waals surface area contributed by atoms with E-state index in [0.29, 0.717) is 26.2 Å². The molecule has 2 aromatic heterocycles. The van der Waals surface area contributed by atoms with Crippen molar-refractivity contribution in [2.45, 2.75) is 0 Å². The minimum Gasteiger partial charge on any atom is -0.364 e. The van der Waals surface area contributed by atoms with Crippen molar-refractivity contribution in [3.05, 3.63) is 68.4 Å². The molecule has 0 atom stereocenters. The van der Waals surface area contributed by atoms with E-state index in [1.807, 2.05) is 11.9 Å². The zero-order chi connectivity index (χ0) is 21.9. The fourth-order valence-electron chi connectivity index (χ4n) is 4.03. The molecule has 31 heavy (non-hydrogen) atoms. The van der Waals surface area contributed by atoms with E-state index in [1.165, 1.54) is 16.7 Å². The van der Waals surface area contributed by atoms with Crippen LogP contribution in [0.3, 0.4) is 0 Å². The molecule has 0 spiro atoms. The predicted molar refractivity (Wildman–Crippen MR) is 110 cm³/mol. The maximum absolute atomic E-state index is 15.9. The maximum atomic E-state index is 15.9. The lowest BCUT2D eigenvalue weighted by molar-refractivity contribution is 0.310. The average molecular weight is 430 g/mol. The molecule has 1 fully saturated rings. The van der Waals surface area contributed by atoms with Crippen LogP contribution < -0.4 is 15.9 Å². The summed E-state index contributed by atoms with van der Waals surface area (Å²) in [5, 5.41) is 1.39. The molecule has 4 aromatic rings. The number of anilines is 1. The molecule has 7 nitrogen and oxygen atoms in total. The molecule has 0 radical (unpaired) electrons. The highest BCUT2D eigenvalue weighted by atomic mass is 19.1. The molecule has 10 heteroatoms. The lowest BCUT2D eigenvalue weighted by Gasteiger charge is -2.34. The minimum atomic E-state index is -0.952. The van der Waals surface area contributed by atoms with Crippen molar-refractivity contribution in [2.24, 2.45) is 0 Å². The maximum Gasteiger partial charge on any atom is 0.293 e. The van der Waals surface area contributed by atoms with Crippen LogP contribution in [0, 0.1) is 17.5 Å². The molecule has 5 rings (SSSR count). The first-order chi connectivity index (χ1) is 14.9. The Morgan fingerprint density at radius 3 is 2.35 bits per heavy atom. The van der Waals surface area contributed by atoms with E-state index in [4.69, 9.17) is 4.52 Å². The second-order valence-corrected chi connectivity index (χ2v) is 7.56. The summed E-state index contributed by atoms with van der Waals surface area (Å²) in [6, 6.07) is 5.95. The lowest BCUT2D eigenvalue weighted by Crippen LogP contribution is -2.45. The number of halogens is 3. The van der Waals surface area contributed by atoms with Crippen LogP contribution in [0.25, 0.3) is 27.7 Å². The van der Waals surface area contributed by atoms with Gasteiger partial charge in [-0.25, -0.2) is 13.2 Å². The summed E-state index contributed by atoms with van der Waals surface area (Å²) in [6.45, 7) is 2.04. The van der Waals surface area contributed by atoms with Gasteiger partial charge in [-0.2, -0.15) is 5.16 Å². The first-order valence-electron chi connectivity index (χ1n) is 9.64. The molecule has 2 aromatic carbocycles. The van der Waals surface area contributed by atoms with Gasteiger partial charge >= 0.3 is 0 Å². The molecule has 160 valence electrons. The van der Waals surface area contributed by atoms with Crippen molar-refractivity contribution in [2.75, 3.05) is 38.1 Å². The Morgan fingerprint density at radius 2 is 1.68 bits per heavy atom. The van der Waals surface area contributed by atoms with Crippen LogP contribution in [0.15, 0.2) is 44.4 Å². The van der Waals surface area contributed by atoms with Gasteiger partial charge in [0, 0.05) is 31.9 Å². The Balaban J connectivity index is 1.91. The Labute approximate surface area is 172 Å². The first-order valence-corrected chi connectivity index (χ1v) is 9.64. The second kappa shape index (κ2) is 7.02. The average Bonchev–Trinajstić information content (AvgIpc) is 3.13. The summed E-state index contributed by atoms with van der Waals surface area (Å²) < 4.78 is 50.8. The molecule has 0 amide bonds. The van der Waals surface area contributed by atoms with Crippen molar-refractivity contribution in [3.63, 3.8) is 0 Å². The van der Waals surface area contributed by atoms with Crippen LogP contribution in [-0.2, 0) is 0 Å². The number of rotatable bonds is 2. The van der Waals surface area contributed by atoms with Gasteiger partial charge in [0.05, 0.1) is 10.9 Å². The fraction of sp³-hybridized carbons (Fsp3) is 0.238. The Kier molecular flexibility index (Phi) is 4.40. The SMILES string of the molecule is CN1CCN(c2c(F)cc3c(=O)c4c(=O)[nH]oc4n(-c4ccc(F)cc4)c3c2F)CC1. The second-order valence-electron chi connectivity index (χ2n) is 7.56. The van der Waals surface area contributed by atoms with Crippen LogP contribution >= 0.6 is 0 Å². The van der Waals surface area contributed by atoms with Gasteiger partial charge < -0.3 is 14.3 Å². The van der Waals surface area contributed by atoms with Crippen LogP contribution in [0.4, 0.5) is 18.9 Å². The van der Waals surface area contributed by atoms with Crippen LogP contribution in [0.1, 0.15) is 0 Å². The van der Waals surface area contributed by atoms with Gasteiger partial charge in [0.15, 0.2) is 11.2 Å². The van der Waals surface area contributed by atoms with Gasteiger partial charge in [-0.15, -0.1) is 0 Å². The number of hydrogen-bond donors (Lipinski definition) is 1. The summed E-state index contributed by atoms with van der Waals surface area (Å²) in [5.41, 5.74) is -2.16. The van der Waals surface area contributed by atoms with Gasteiger partial charge in [0.2, 0.25) is 11.1 Å². The molecular weight excluding hydrogens is 413 g/mol. The number of H-pyrrole nitrogens is 1. The number of likely N-dealkylation sites (N-methyl/N-ethyl adjacent to an activating group) is 1. The number of hydrogen-bond acceptors (Lipinski definition) is 5. The van der Waals surface area contributed by atoms with Gasteiger partial charge in [-0.05, 0) is 37.4 Å². The van der Waals surface area contributed by atoms with E-state index in [0.717, 1.165) is 18.2 Å². The number of nitrogens with one attached hydrogen (secondary N) is 1. The van der Waals surface area contributed by atoms with E-state index in [-0.39, 0.29) is 33.4 Å². The topological polar surface area (TPSA) is 74.5 Å². The van der Waals surface area contributed by atoms with E-state index in [2.05, 4.69) is 5.16 Å². The van der Waals surface area contributed by atoms with Gasteiger partial charge in [0.1, 0.15) is 17.3 Å². The molecule has 1 saturated heterocycles. The molecule has 0 unspecified atom stereocenters. The number of aromatic amines is 1. The Hall–Kier alpha value is -3.53. The molecule has 1 aliphatic heterocycles. The molecule has 1 N–H and O–H groups in total. The molecule has 0 saturated carbocycles. The van der Waals surface area contributed by atoms with Crippen molar-refractivity contribution in [1.82, 2.24) is 14.6 Å². The lowest BCUT2D eigenvalue weighted by atomic mass is 10.1. The summed E-state index contributed by atoms with van der Waals surface area (Å²) >= 11 is 0. The van der Waals surface area contributed by atoms with Gasteiger partial charge in [-0.3, -0.25) is 14.2 Å². The third-order valence-corrected chi connectivity index (χ3v) is 5.65. The zero-order valence-electron chi connectivity index (χ0n) is 16.4. The summed E-state index contributed by atoms with van der Waals surface area (Å²) in [5.74, 6) is -2.37. The summed E-state index contributed by atoms with van der Waals surface area (Å²) in [4.78, 5) is 28.7. The number of pyridine rings is 1. The Bertz CT molecular complexity index is 1430. The van der Waals surface area contributed by atoms with Crippen LogP contribution in [0.5, 0.6) is 0 Å². The van der Waals surface area contributed by atoms with E-state index >= 15 is 8.78 Å². The minimum absolute atomic E-state index is 0.232. The third-order valence-electron chi connectivity index (χ3n) is 5.65. The molecule has 3 heterocycles. The Morgan fingerprint density at radius 1 is 1.00 bits per heavy atom. The van der Waals surface area contributed by atoms with Crippen molar-refractivity contribution in [1.29, 1.82) is 0 Å². The number of benzene rings is 2. The standard InChI is InChI=1S/C21H17F3N4O3/c1-26-6-8-27(9-7-26)18-14(23)10-13-17(16(18)24)28(12-4-2-11(22)3-5-12)21-15(19(13)29)20(30)25-31-21/h2-5,10H,6-9H2,1H3,(H,25,30). The summed E-state index contributed by atoms with van der Waals surface area (Å²) in [6.07, 6.45) is 0. The smallest absolute Gasteiger partial charge is 0.293 e. The van der Waals surface area contributed by atoms with E-state index < -0.39 is 28.4 Å². The van der Waals surface area contributed by atoms with Crippen molar-refractivity contribution < 1.29 is 17.7 Å². The van der Waals surface area contributed by atoms with Gasteiger partial charge in [-0.1, -0.05) is 0 Å². The first kappa shape index (κ1) is 19.4. The number of fused-ring (bicyclic) bond motifs is 2. The largest absolute Gasteiger partial charge is 0.364 e. The van der Waals surface area contributed by atoms with Crippen molar-refractivity contribution in [3.8, 4) is 5.69 Å². The number of aromatic nitrogens is 2. The number of piperazine rings is 1. The van der Waals surface area contributed by atoms with E-state index in [1.54, 1.807) is 4.90 Å². The molecular formula is C21H17F3N4O3. The molecule has 0 bridgehead atoms. The van der Waals surface area contributed by atoms with Crippen molar-refractivity contribution >= 4 is 27.7 Å². The predicted octanol–water partition coefficient (Wildman–Crippen LogP) is 2.59. The molecule has 0 aliphatic carbocycles. The quantitative estimate of drug-likeness (QED) is 0.529. The number of nitrogens with zero attached hydrogens (tertiary/aromatic N) is 3. The highest BCUT2D eigenvalue weighted by molar-refractivity contribution is 5.95. The van der Waals surface area contributed by atoms with E-state index in [9.17, 15) is 14.0 Å². The fourth-order valence-corrected chi connectivity index (χ4v) is 4.03. The monoisotopic (exact) mass is 430 g/mol. The summed E-state index contributed by atoms with van der Waals surface area (Å²) in [7, 11) is 1.92.